The van der Waals surface area contributed by atoms with E-state index in [1.807, 2.05) is 32.0 Å². The molecule has 1 aromatic heterocycles. The largest absolute Gasteiger partial charge is 0.349 e. The number of nitrogens with zero attached hydrogens (tertiary/aromatic N) is 4. The molecule has 2 heterocycles. The first-order valence-electron chi connectivity index (χ1n) is 14.3. The molecule has 9 nitrogen and oxygen atoms in total. The standard InChI is InChI=1S/C32H34BrCl2N5O4/c1-3-4-12-38-19-30(42)40(16-22-8-10-25(33)21(2)13-22)20-31(43)39(17-23-9-11-26(34)27(35)14-23)18-29(41)36-15-24-6-5-7-28(37-24)32(38)44/h5-11,13-14H,3-4,12,15-20H2,1-2H3,(H,36,41). The summed E-state index contributed by atoms with van der Waals surface area (Å²) in [6.45, 7) is 3.78. The number of amides is 4. The second kappa shape index (κ2) is 15.5. The Morgan fingerprint density at radius 3 is 2.18 bits per heavy atom. The predicted molar refractivity (Wildman–Crippen MR) is 173 cm³/mol. The van der Waals surface area contributed by atoms with Crippen LogP contribution in [0.2, 0.25) is 10.0 Å². The number of hydrogen-bond donors (Lipinski definition) is 1. The number of hydrogen-bond acceptors (Lipinski definition) is 5. The minimum absolute atomic E-state index is 0.0669. The van der Waals surface area contributed by atoms with Crippen LogP contribution in [0.3, 0.4) is 0 Å². The summed E-state index contributed by atoms with van der Waals surface area (Å²) in [5.74, 6) is -1.64. The highest BCUT2D eigenvalue weighted by Gasteiger charge is 2.28. The monoisotopic (exact) mass is 701 g/mol. The summed E-state index contributed by atoms with van der Waals surface area (Å²) in [6, 6.07) is 15.7. The smallest absolute Gasteiger partial charge is 0.272 e. The number of carbonyl (C=O) groups is 4. The van der Waals surface area contributed by atoms with Gasteiger partial charge in [0.1, 0.15) is 18.8 Å². The molecule has 0 radical (unpaired) electrons. The molecule has 0 aliphatic carbocycles. The van der Waals surface area contributed by atoms with E-state index in [4.69, 9.17) is 23.2 Å². The van der Waals surface area contributed by atoms with E-state index in [1.165, 1.54) is 14.7 Å². The first kappa shape index (κ1) is 33.4. The van der Waals surface area contributed by atoms with Crippen molar-refractivity contribution in [2.24, 2.45) is 0 Å². The number of nitrogens with one attached hydrogen (secondary N) is 1. The molecule has 4 amide bonds. The zero-order valence-corrected chi connectivity index (χ0v) is 27.7. The normalized spacial score (nSPS) is 15.2. The van der Waals surface area contributed by atoms with E-state index in [-0.39, 0.29) is 50.9 Å². The van der Waals surface area contributed by atoms with Gasteiger partial charge in [-0.25, -0.2) is 4.98 Å². The molecule has 44 heavy (non-hydrogen) atoms. The second-order valence-corrected chi connectivity index (χ2v) is 12.4. The van der Waals surface area contributed by atoms with E-state index < -0.39 is 17.7 Å². The van der Waals surface area contributed by atoms with Gasteiger partial charge in [-0.05, 0) is 60.4 Å². The van der Waals surface area contributed by atoms with Crippen molar-refractivity contribution in [2.45, 2.75) is 46.3 Å². The van der Waals surface area contributed by atoms with Crippen LogP contribution in [0.15, 0.2) is 59.1 Å². The quantitative estimate of drug-likeness (QED) is 0.356. The zero-order valence-electron chi connectivity index (χ0n) is 24.6. The fourth-order valence-corrected chi connectivity index (χ4v) is 5.32. The van der Waals surface area contributed by atoms with Gasteiger partial charge < -0.3 is 20.0 Å². The van der Waals surface area contributed by atoms with Gasteiger partial charge >= 0.3 is 0 Å². The molecule has 3 aromatic rings. The van der Waals surface area contributed by atoms with E-state index in [1.54, 1.807) is 36.4 Å². The number of aryl methyl sites for hydroxylation is 1. The minimum atomic E-state index is -0.437. The van der Waals surface area contributed by atoms with E-state index in [2.05, 4.69) is 26.2 Å². The van der Waals surface area contributed by atoms with Crippen LogP contribution in [0, 0.1) is 6.92 Å². The lowest BCUT2D eigenvalue weighted by molar-refractivity contribution is -0.143. The predicted octanol–water partition coefficient (Wildman–Crippen LogP) is 5.39. The Hall–Kier alpha value is -3.47. The van der Waals surface area contributed by atoms with Crippen molar-refractivity contribution in [1.29, 1.82) is 0 Å². The van der Waals surface area contributed by atoms with Crippen molar-refractivity contribution in [3.63, 3.8) is 0 Å². The number of carbonyl (C=O) groups excluding carboxylic acids is 4. The number of rotatable bonds is 7. The van der Waals surface area contributed by atoms with Gasteiger partial charge in [-0.1, -0.05) is 76.7 Å². The minimum Gasteiger partial charge on any atom is -0.349 e. The summed E-state index contributed by atoms with van der Waals surface area (Å²) < 4.78 is 0.922. The van der Waals surface area contributed by atoms with Crippen LogP contribution in [-0.2, 0) is 34.0 Å². The summed E-state index contributed by atoms with van der Waals surface area (Å²) in [4.78, 5) is 63.2. The highest BCUT2D eigenvalue weighted by Crippen LogP contribution is 2.24. The maximum Gasteiger partial charge on any atom is 0.272 e. The highest BCUT2D eigenvalue weighted by atomic mass is 79.9. The lowest BCUT2D eigenvalue weighted by Crippen LogP contribution is -2.48. The molecule has 2 bridgehead atoms. The summed E-state index contributed by atoms with van der Waals surface area (Å²) in [5, 5.41) is 3.49. The molecule has 0 fully saturated rings. The molecule has 0 unspecified atom stereocenters. The number of halogens is 3. The second-order valence-electron chi connectivity index (χ2n) is 10.7. The fraction of sp³-hybridized carbons (Fsp3) is 0.344. The van der Waals surface area contributed by atoms with Gasteiger partial charge in [-0.3, -0.25) is 19.2 Å². The van der Waals surface area contributed by atoms with Crippen LogP contribution in [0.4, 0.5) is 0 Å². The van der Waals surface area contributed by atoms with E-state index in [9.17, 15) is 19.2 Å². The van der Waals surface area contributed by atoms with Crippen molar-refractivity contribution >= 4 is 62.8 Å². The summed E-state index contributed by atoms with van der Waals surface area (Å²) in [5.41, 5.74) is 3.13. The van der Waals surface area contributed by atoms with Crippen LogP contribution in [-0.4, -0.2) is 69.5 Å². The number of benzene rings is 2. The first-order chi connectivity index (χ1) is 21.0. The van der Waals surface area contributed by atoms with Gasteiger partial charge in [0.05, 0.1) is 28.8 Å². The third kappa shape index (κ3) is 9.03. The number of unbranched alkanes of at least 4 members (excludes halogenated alkanes) is 1. The van der Waals surface area contributed by atoms with Gasteiger partial charge in [-0.2, -0.15) is 0 Å². The third-order valence-corrected chi connectivity index (χ3v) is 8.84. The Bertz CT molecular complexity index is 1550. The number of pyridine rings is 1. The average Bonchev–Trinajstić information content (AvgIpc) is 3.00. The van der Waals surface area contributed by atoms with Crippen molar-refractivity contribution in [1.82, 2.24) is 25.0 Å². The van der Waals surface area contributed by atoms with Crippen molar-refractivity contribution in [3.05, 3.63) is 97.2 Å². The lowest BCUT2D eigenvalue weighted by atomic mass is 10.1. The molecule has 232 valence electrons. The molecule has 0 atom stereocenters. The summed E-state index contributed by atoms with van der Waals surface area (Å²) in [6.07, 6.45) is 1.51. The van der Waals surface area contributed by atoms with Crippen LogP contribution in [0.5, 0.6) is 0 Å². The first-order valence-corrected chi connectivity index (χ1v) is 15.8. The Labute approximate surface area is 275 Å². The van der Waals surface area contributed by atoms with Gasteiger partial charge in [0.25, 0.3) is 5.91 Å². The van der Waals surface area contributed by atoms with Crippen LogP contribution < -0.4 is 5.32 Å². The Morgan fingerprint density at radius 1 is 0.841 bits per heavy atom. The van der Waals surface area contributed by atoms with Gasteiger partial charge in [0, 0.05) is 24.1 Å². The van der Waals surface area contributed by atoms with Gasteiger partial charge in [-0.15, -0.1) is 0 Å². The average molecular weight is 703 g/mol. The van der Waals surface area contributed by atoms with Gasteiger partial charge in [0.2, 0.25) is 17.7 Å². The summed E-state index contributed by atoms with van der Waals surface area (Å²) >= 11 is 15.8. The lowest BCUT2D eigenvalue weighted by Gasteiger charge is -2.30. The number of fused-ring (bicyclic) bond motifs is 2. The van der Waals surface area contributed by atoms with E-state index >= 15 is 0 Å². The fourth-order valence-electron chi connectivity index (χ4n) is 4.75. The molecule has 1 N–H and O–H groups in total. The van der Waals surface area contributed by atoms with E-state index in [0.717, 1.165) is 22.0 Å². The molecule has 12 heteroatoms. The SMILES string of the molecule is CCCCN1CC(=O)N(Cc2ccc(Br)c(C)c2)CC(=O)N(Cc2ccc(Cl)c(Cl)c2)CC(=O)NCc2cccc(n2)C1=O. The van der Waals surface area contributed by atoms with Crippen LogP contribution in [0.1, 0.15) is 52.6 Å². The molecule has 0 saturated heterocycles. The molecule has 4 rings (SSSR count). The van der Waals surface area contributed by atoms with E-state index in [0.29, 0.717) is 34.3 Å². The van der Waals surface area contributed by atoms with Gasteiger partial charge in [0.15, 0.2) is 0 Å². The van der Waals surface area contributed by atoms with Crippen molar-refractivity contribution < 1.29 is 19.2 Å². The highest BCUT2D eigenvalue weighted by molar-refractivity contribution is 9.10. The molecule has 1 aliphatic heterocycles. The Kier molecular flexibility index (Phi) is 11.8. The molecule has 1 aliphatic rings. The third-order valence-electron chi connectivity index (χ3n) is 7.21. The molecular formula is C32H34BrCl2N5O4. The molecule has 2 aromatic carbocycles. The maximum absolute atomic E-state index is 13.9. The molecular weight excluding hydrogens is 669 g/mol. The maximum atomic E-state index is 13.9. The van der Waals surface area contributed by atoms with Crippen LogP contribution in [0.25, 0.3) is 0 Å². The van der Waals surface area contributed by atoms with Crippen LogP contribution >= 0.6 is 39.1 Å². The zero-order chi connectivity index (χ0) is 31.8. The number of aromatic nitrogens is 1. The van der Waals surface area contributed by atoms with Crippen molar-refractivity contribution in [2.75, 3.05) is 26.2 Å². The Morgan fingerprint density at radius 2 is 1.50 bits per heavy atom. The molecule has 0 spiro atoms. The summed E-state index contributed by atoms with van der Waals surface area (Å²) in [7, 11) is 0. The molecule has 0 saturated carbocycles. The topological polar surface area (TPSA) is 103 Å². The Balaban J connectivity index is 1.72. The van der Waals surface area contributed by atoms with Crippen molar-refractivity contribution in [3.8, 4) is 0 Å².